The number of aryl methyl sites for hydroxylation is 1. The molecule has 0 aliphatic carbocycles. The fraction of sp³-hybridized carbons (Fsp3) is 0.176. The van der Waals surface area contributed by atoms with Crippen molar-refractivity contribution in [2.45, 2.75) is 13.5 Å². The van der Waals surface area contributed by atoms with Crippen molar-refractivity contribution < 1.29 is 8.91 Å². The Morgan fingerprint density at radius 2 is 1.96 bits per heavy atom. The van der Waals surface area contributed by atoms with Gasteiger partial charge in [0.25, 0.3) is 0 Å². The van der Waals surface area contributed by atoms with E-state index in [1.54, 1.807) is 29.8 Å². The summed E-state index contributed by atoms with van der Waals surface area (Å²) in [6, 6.07) is 9.97. The van der Waals surface area contributed by atoms with Crippen LogP contribution in [0.5, 0.6) is 0 Å². The lowest BCUT2D eigenvalue weighted by molar-refractivity contribution is 0.374. The fourth-order valence-electron chi connectivity index (χ4n) is 2.63. The molecular weight excluding hydrogens is 323 g/mol. The second kappa shape index (κ2) is 5.97. The van der Waals surface area contributed by atoms with Crippen LogP contribution in [0.3, 0.4) is 0 Å². The van der Waals surface area contributed by atoms with Crippen molar-refractivity contribution in [2.75, 3.05) is 11.9 Å². The highest BCUT2D eigenvalue weighted by atomic mass is 19.1. The average molecular weight is 338 g/mol. The highest BCUT2D eigenvalue weighted by Gasteiger charge is 2.14. The lowest BCUT2D eigenvalue weighted by atomic mass is 10.1. The molecule has 0 fully saturated rings. The van der Waals surface area contributed by atoms with Crippen LogP contribution in [0.25, 0.3) is 16.9 Å². The number of benzene rings is 1. The first-order chi connectivity index (χ1) is 12.1. The smallest absolute Gasteiger partial charge is 0.246 e. The van der Waals surface area contributed by atoms with E-state index in [-0.39, 0.29) is 5.82 Å². The minimum Gasteiger partial charge on any atom is -0.350 e. The third kappa shape index (κ3) is 2.93. The molecule has 0 radical (unpaired) electrons. The summed E-state index contributed by atoms with van der Waals surface area (Å²) >= 11 is 0. The highest BCUT2D eigenvalue weighted by Crippen LogP contribution is 2.24. The fourth-order valence-corrected chi connectivity index (χ4v) is 2.63. The number of fused-ring (bicyclic) bond motifs is 1. The van der Waals surface area contributed by atoms with E-state index in [4.69, 9.17) is 4.52 Å². The molecule has 25 heavy (non-hydrogen) atoms. The van der Waals surface area contributed by atoms with E-state index < -0.39 is 0 Å². The van der Waals surface area contributed by atoms with Crippen molar-refractivity contribution in [1.29, 1.82) is 0 Å². The van der Waals surface area contributed by atoms with Gasteiger partial charge in [-0.1, -0.05) is 5.16 Å². The maximum atomic E-state index is 13.2. The Balaban J connectivity index is 1.76. The Kier molecular flexibility index (Phi) is 3.64. The van der Waals surface area contributed by atoms with Crippen LogP contribution in [0.15, 0.2) is 47.1 Å². The Hall–Kier alpha value is -3.29. The van der Waals surface area contributed by atoms with Gasteiger partial charge in [0, 0.05) is 24.7 Å². The van der Waals surface area contributed by atoms with E-state index in [2.05, 4.69) is 20.2 Å². The van der Waals surface area contributed by atoms with Gasteiger partial charge in [-0.3, -0.25) is 0 Å². The van der Waals surface area contributed by atoms with Crippen LogP contribution in [0.1, 0.15) is 11.7 Å². The van der Waals surface area contributed by atoms with Gasteiger partial charge in [-0.25, -0.2) is 9.37 Å². The molecule has 4 aromatic rings. The van der Waals surface area contributed by atoms with E-state index in [0.717, 1.165) is 17.1 Å². The maximum absolute atomic E-state index is 13.2. The van der Waals surface area contributed by atoms with Crippen LogP contribution in [0.4, 0.5) is 10.2 Å². The third-order valence-corrected chi connectivity index (χ3v) is 3.81. The first kappa shape index (κ1) is 15.3. The van der Waals surface area contributed by atoms with Crippen molar-refractivity contribution in [3.8, 4) is 11.3 Å². The number of halogens is 1. The highest BCUT2D eigenvalue weighted by molar-refractivity contribution is 5.66. The summed E-state index contributed by atoms with van der Waals surface area (Å²) in [5.74, 6) is 1.64. The zero-order valence-electron chi connectivity index (χ0n) is 13.7. The second-order valence-corrected chi connectivity index (χ2v) is 5.70. The number of hydrogen-bond donors (Lipinski definition) is 0. The van der Waals surface area contributed by atoms with E-state index in [1.165, 1.54) is 12.1 Å². The van der Waals surface area contributed by atoms with Gasteiger partial charge >= 0.3 is 0 Å². The summed E-state index contributed by atoms with van der Waals surface area (Å²) in [5.41, 5.74) is 2.26. The normalized spacial score (nSPS) is 11.2. The lowest BCUT2D eigenvalue weighted by Crippen LogP contribution is -2.20. The minimum absolute atomic E-state index is 0.279. The van der Waals surface area contributed by atoms with Crippen LogP contribution in [-0.2, 0) is 6.54 Å². The standard InChI is InChI=1S/C17H15FN6O/c1-11-20-16(25-22-11)10-23(2)17-9-14(12-3-5-13(18)6-4-12)21-15-7-8-19-24(15)17/h3-9H,10H2,1-2H3. The monoisotopic (exact) mass is 338 g/mol. The molecule has 0 aliphatic rings. The Morgan fingerprint density at radius 3 is 2.68 bits per heavy atom. The molecule has 0 saturated heterocycles. The topological polar surface area (TPSA) is 72.4 Å². The predicted octanol–water partition coefficient (Wildman–Crippen LogP) is 2.86. The van der Waals surface area contributed by atoms with E-state index in [9.17, 15) is 4.39 Å². The van der Waals surface area contributed by atoms with Gasteiger partial charge in [0.2, 0.25) is 5.89 Å². The Morgan fingerprint density at radius 1 is 1.16 bits per heavy atom. The zero-order valence-corrected chi connectivity index (χ0v) is 13.7. The third-order valence-electron chi connectivity index (χ3n) is 3.81. The molecule has 0 bridgehead atoms. The van der Waals surface area contributed by atoms with Crippen LogP contribution in [-0.4, -0.2) is 31.8 Å². The van der Waals surface area contributed by atoms with Crippen LogP contribution in [0, 0.1) is 12.7 Å². The number of aromatic nitrogens is 5. The predicted molar refractivity (Wildman–Crippen MR) is 89.5 cm³/mol. The molecule has 7 nitrogen and oxygen atoms in total. The van der Waals surface area contributed by atoms with Gasteiger partial charge in [-0.05, 0) is 31.2 Å². The molecule has 0 aliphatic heterocycles. The number of hydrogen-bond acceptors (Lipinski definition) is 6. The Labute approximate surface area is 142 Å². The van der Waals surface area contributed by atoms with Gasteiger partial charge in [-0.15, -0.1) is 0 Å². The summed E-state index contributed by atoms with van der Waals surface area (Å²) in [5, 5.41) is 8.13. The Bertz CT molecular complexity index is 1020. The molecule has 0 amide bonds. The molecular formula is C17H15FN6O. The summed E-state index contributed by atoms with van der Waals surface area (Å²) < 4.78 is 20.1. The van der Waals surface area contributed by atoms with Crippen LogP contribution >= 0.6 is 0 Å². The molecule has 8 heteroatoms. The molecule has 0 atom stereocenters. The molecule has 1 aromatic carbocycles. The van der Waals surface area contributed by atoms with Crippen molar-refractivity contribution in [3.63, 3.8) is 0 Å². The van der Waals surface area contributed by atoms with Crippen molar-refractivity contribution >= 4 is 11.5 Å². The van der Waals surface area contributed by atoms with Gasteiger partial charge in [0.05, 0.1) is 18.4 Å². The maximum Gasteiger partial charge on any atom is 0.246 e. The number of nitrogens with zero attached hydrogens (tertiary/aromatic N) is 6. The molecule has 4 rings (SSSR count). The molecule has 126 valence electrons. The number of rotatable bonds is 4. The molecule has 0 unspecified atom stereocenters. The zero-order chi connectivity index (χ0) is 17.4. The SMILES string of the molecule is Cc1noc(CN(C)c2cc(-c3ccc(F)cc3)nc3ccnn23)n1. The molecule has 0 N–H and O–H groups in total. The minimum atomic E-state index is -0.279. The quantitative estimate of drug-likeness (QED) is 0.570. The van der Waals surface area contributed by atoms with E-state index in [1.807, 2.05) is 24.1 Å². The van der Waals surface area contributed by atoms with Crippen molar-refractivity contribution in [3.05, 3.63) is 60.1 Å². The first-order valence-electron chi connectivity index (χ1n) is 7.71. The van der Waals surface area contributed by atoms with Gasteiger partial charge in [0.15, 0.2) is 11.5 Å². The number of anilines is 1. The molecule has 3 aromatic heterocycles. The molecule has 0 spiro atoms. The lowest BCUT2D eigenvalue weighted by Gasteiger charge is -2.19. The first-order valence-corrected chi connectivity index (χ1v) is 7.71. The summed E-state index contributed by atoms with van der Waals surface area (Å²) in [6.07, 6.45) is 1.69. The summed E-state index contributed by atoms with van der Waals surface area (Å²) in [4.78, 5) is 10.8. The van der Waals surface area contributed by atoms with Gasteiger partial charge < -0.3 is 9.42 Å². The van der Waals surface area contributed by atoms with E-state index in [0.29, 0.717) is 23.9 Å². The van der Waals surface area contributed by atoms with Gasteiger partial charge in [0.1, 0.15) is 11.6 Å². The van der Waals surface area contributed by atoms with Crippen LogP contribution < -0.4 is 4.90 Å². The second-order valence-electron chi connectivity index (χ2n) is 5.70. The van der Waals surface area contributed by atoms with E-state index >= 15 is 0 Å². The average Bonchev–Trinajstić information content (AvgIpc) is 3.23. The summed E-state index contributed by atoms with van der Waals surface area (Å²) in [7, 11) is 1.91. The molecule has 0 saturated carbocycles. The largest absolute Gasteiger partial charge is 0.350 e. The van der Waals surface area contributed by atoms with Crippen molar-refractivity contribution in [2.24, 2.45) is 0 Å². The molecule has 3 heterocycles. The van der Waals surface area contributed by atoms with Gasteiger partial charge in [-0.2, -0.15) is 14.6 Å². The summed E-state index contributed by atoms with van der Waals surface area (Å²) in [6.45, 7) is 2.21. The van der Waals surface area contributed by atoms with Crippen LogP contribution in [0.2, 0.25) is 0 Å². The van der Waals surface area contributed by atoms with Crippen molar-refractivity contribution in [1.82, 2.24) is 24.7 Å².